The number of anilines is 1. The first-order valence-electron chi connectivity index (χ1n) is 5.15. The fourth-order valence-corrected chi connectivity index (χ4v) is 2.23. The van der Waals surface area contributed by atoms with Crippen molar-refractivity contribution in [1.82, 2.24) is 10.2 Å². The lowest BCUT2D eigenvalue weighted by molar-refractivity contribution is -0.117. The number of carbonyl (C=O) groups is 1. The van der Waals surface area contributed by atoms with Gasteiger partial charge in [-0.15, -0.1) is 0 Å². The van der Waals surface area contributed by atoms with Crippen molar-refractivity contribution in [2.75, 3.05) is 18.0 Å². The van der Waals surface area contributed by atoms with E-state index in [1.807, 2.05) is 6.92 Å². The maximum atomic E-state index is 11.8. The molecule has 1 N–H and O–H groups in total. The number of rotatable bonds is 3. The number of azide groups is 1. The number of aromatic nitrogens is 2. The van der Waals surface area contributed by atoms with E-state index in [9.17, 15) is 4.79 Å². The Hall–Kier alpha value is -1.53. The Bertz CT molecular complexity index is 492. The van der Waals surface area contributed by atoms with Crippen molar-refractivity contribution >= 4 is 27.7 Å². The van der Waals surface area contributed by atoms with Crippen LogP contribution in [0.5, 0.6) is 0 Å². The Morgan fingerprint density at radius 1 is 1.76 bits per heavy atom. The number of amides is 1. The summed E-state index contributed by atoms with van der Waals surface area (Å²) in [5.41, 5.74) is 9.14. The normalized spacial score (nSPS) is 19.5. The second-order valence-corrected chi connectivity index (χ2v) is 4.77. The summed E-state index contributed by atoms with van der Waals surface area (Å²) in [6.45, 7) is 2.76. The standard InChI is InChI=1S/C9H11BrN6O/c1-5-8(10)9(14-13-5)16-4-6(2-7(16)17)3-12-15-11/h6H,2-4H2,1H3,(H,13,14). The highest BCUT2D eigenvalue weighted by Gasteiger charge is 2.32. The molecule has 0 spiro atoms. The molecule has 7 nitrogen and oxygen atoms in total. The third kappa shape index (κ3) is 2.27. The van der Waals surface area contributed by atoms with Gasteiger partial charge in [0.15, 0.2) is 5.82 Å². The Morgan fingerprint density at radius 3 is 3.12 bits per heavy atom. The molecule has 1 fully saturated rings. The number of nitrogens with zero attached hydrogens (tertiary/aromatic N) is 5. The summed E-state index contributed by atoms with van der Waals surface area (Å²) in [7, 11) is 0. The summed E-state index contributed by atoms with van der Waals surface area (Å²) < 4.78 is 0.801. The topological polar surface area (TPSA) is 97.8 Å². The van der Waals surface area contributed by atoms with E-state index in [1.54, 1.807) is 4.90 Å². The first-order chi connectivity index (χ1) is 8.13. The molecule has 1 aliphatic rings. The van der Waals surface area contributed by atoms with Crippen LogP contribution in [0.3, 0.4) is 0 Å². The molecule has 0 aliphatic carbocycles. The molecule has 1 atom stereocenters. The number of hydrogen-bond acceptors (Lipinski definition) is 3. The molecule has 8 heteroatoms. The van der Waals surface area contributed by atoms with Crippen molar-refractivity contribution in [3.63, 3.8) is 0 Å². The molecular weight excluding hydrogens is 288 g/mol. The van der Waals surface area contributed by atoms with Crippen LogP contribution in [0.15, 0.2) is 9.59 Å². The number of halogens is 1. The van der Waals surface area contributed by atoms with Gasteiger partial charge in [0, 0.05) is 30.1 Å². The molecule has 90 valence electrons. The summed E-state index contributed by atoms with van der Waals surface area (Å²) in [6, 6.07) is 0. The lowest BCUT2D eigenvalue weighted by Gasteiger charge is -2.13. The SMILES string of the molecule is Cc1[nH]nc(N2CC(CN=[N+]=[N-])CC2=O)c1Br. The first kappa shape index (κ1) is 11.9. The van der Waals surface area contributed by atoms with Crippen molar-refractivity contribution in [3.8, 4) is 0 Å². The van der Waals surface area contributed by atoms with Gasteiger partial charge >= 0.3 is 0 Å². The summed E-state index contributed by atoms with van der Waals surface area (Å²) in [4.78, 5) is 16.2. The third-order valence-electron chi connectivity index (χ3n) is 2.72. The highest BCUT2D eigenvalue weighted by molar-refractivity contribution is 9.10. The fourth-order valence-electron chi connectivity index (χ4n) is 1.84. The predicted octanol–water partition coefficient (Wildman–Crippen LogP) is 2.14. The van der Waals surface area contributed by atoms with Crippen molar-refractivity contribution in [1.29, 1.82) is 0 Å². The van der Waals surface area contributed by atoms with Crippen LogP contribution >= 0.6 is 15.9 Å². The number of hydrogen-bond donors (Lipinski definition) is 1. The lowest BCUT2D eigenvalue weighted by Crippen LogP contribution is -2.25. The Morgan fingerprint density at radius 2 is 2.53 bits per heavy atom. The average molecular weight is 299 g/mol. The zero-order chi connectivity index (χ0) is 12.4. The molecule has 1 aliphatic heterocycles. The van der Waals surface area contributed by atoms with Gasteiger partial charge in [-0.3, -0.25) is 14.8 Å². The van der Waals surface area contributed by atoms with Crippen LogP contribution in [0.25, 0.3) is 10.4 Å². The molecule has 0 radical (unpaired) electrons. The van der Waals surface area contributed by atoms with Gasteiger partial charge in [-0.2, -0.15) is 5.10 Å². The van der Waals surface area contributed by atoms with Crippen molar-refractivity contribution in [2.45, 2.75) is 13.3 Å². The highest BCUT2D eigenvalue weighted by Crippen LogP contribution is 2.31. The number of nitrogens with one attached hydrogen (secondary N) is 1. The number of aromatic amines is 1. The molecule has 17 heavy (non-hydrogen) atoms. The Labute approximate surface area is 106 Å². The number of aryl methyl sites for hydroxylation is 1. The molecule has 1 amide bonds. The quantitative estimate of drug-likeness (QED) is 0.525. The second kappa shape index (κ2) is 4.77. The van der Waals surface area contributed by atoms with E-state index >= 15 is 0 Å². The van der Waals surface area contributed by atoms with Crippen molar-refractivity contribution in [2.24, 2.45) is 11.0 Å². The molecule has 1 aromatic rings. The molecule has 0 bridgehead atoms. The molecule has 1 saturated heterocycles. The van der Waals surface area contributed by atoms with Crippen molar-refractivity contribution < 1.29 is 4.79 Å². The van der Waals surface area contributed by atoms with E-state index in [4.69, 9.17) is 5.53 Å². The fraction of sp³-hybridized carbons (Fsp3) is 0.556. The summed E-state index contributed by atoms with van der Waals surface area (Å²) in [5.74, 6) is 0.689. The van der Waals surface area contributed by atoms with E-state index in [-0.39, 0.29) is 11.8 Å². The van der Waals surface area contributed by atoms with Gasteiger partial charge in [0.05, 0.1) is 4.47 Å². The molecule has 2 rings (SSSR count). The molecule has 1 unspecified atom stereocenters. The summed E-state index contributed by atoms with van der Waals surface area (Å²) >= 11 is 3.39. The van der Waals surface area contributed by atoms with Gasteiger partial charge in [-0.05, 0) is 34.3 Å². The minimum absolute atomic E-state index is 0.00957. The zero-order valence-corrected chi connectivity index (χ0v) is 10.8. The van der Waals surface area contributed by atoms with Gasteiger partial charge < -0.3 is 0 Å². The molecule has 1 aromatic heterocycles. The van der Waals surface area contributed by atoms with Gasteiger partial charge in [0.2, 0.25) is 5.91 Å². The second-order valence-electron chi connectivity index (χ2n) is 3.97. The first-order valence-corrected chi connectivity index (χ1v) is 5.94. The van der Waals surface area contributed by atoms with Crippen molar-refractivity contribution in [3.05, 3.63) is 20.6 Å². The highest BCUT2D eigenvalue weighted by atomic mass is 79.9. The van der Waals surface area contributed by atoms with Gasteiger partial charge in [0.25, 0.3) is 0 Å². The minimum Gasteiger partial charge on any atom is -0.294 e. The zero-order valence-electron chi connectivity index (χ0n) is 9.22. The van der Waals surface area contributed by atoms with E-state index < -0.39 is 0 Å². The molecule has 0 aromatic carbocycles. The average Bonchev–Trinajstić information content (AvgIpc) is 2.82. The monoisotopic (exact) mass is 298 g/mol. The van der Waals surface area contributed by atoms with Crippen LogP contribution < -0.4 is 4.90 Å². The van der Waals surface area contributed by atoms with Crippen LogP contribution in [0.1, 0.15) is 12.1 Å². The van der Waals surface area contributed by atoms with Gasteiger partial charge in [-0.1, -0.05) is 5.11 Å². The molecular formula is C9H11BrN6O. The van der Waals surface area contributed by atoms with Crippen LogP contribution in [0.2, 0.25) is 0 Å². The summed E-state index contributed by atoms with van der Waals surface area (Å²) in [5, 5.41) is 10.4. The molecule has 2 heterocycles. The van der Waals surface area contributed by atoms with E-state index in [1.165, 1.54) is 0 Å². The van der Waals surface area contributed by atoms with E-state index in [0.717, 1.165) is 10.2 Å². The summed E-state index contributed by atoms with van der Waals surface area (Å²) in [6.07, 6.45) is 0.400. The molecule has 0 saturated carbocycles. The largest absolute Gasteiger partial charge is 0.294 e. The van der Waals surface area contributed by atoms with Crippen LogP contribution in [0.4, 0.5) is 5.82 Å². The van der Waals surface area contributed by atoms with Crippen LogP contribution in [0, 0.1) is 12.8 Å². The van der Waals surface area contributed by atoms with Gasteiger partial charge in [-0.25, -0.2) is 0 Å². The minimum atomic E-state index is 0.00957. The maximum Gasteiger partial charge on any atom is 0.228 e. The predicted molar refractivity (Wildman–Crippen MR) is 65.5 cm³/mol. The van der Waals surface area contributed by atoms with Gasteiger partial charge in [0.1, 0.15) is 0 Å². The Kier molecular flexibility index (Phi) is 3.35. The number of H-pyrrole nitrogens is 1. The number of carbonyl (C=O) groups excluding carboxylic acids is 1. The van der Waals surface area contributed by atoms with E-state index in [2.05, 4.69) is 36.2 Å². The Balaban J connectivity index is 2.15. The maximum absolute atomic E-state index is 11.8. The lowest BCUT2D eigenvalue weighted by atomic mass is 10.1. The van der Waals surface area contributed by atoms with Crippen LogP contribution in [-0.4, -0.2) is 29.2 Å². The van der Waals surface area contributed by atoms with E-state index in [0.29, 0.717) is 25.3 Å². The van der Waals surface area contributed by atoms with Crippen LogP contribution in [-0.2, 0) is 4.79 Å². The third-order valence-corrected chi connectivity index (χ3v) is 3.67. The smallest absolute Gasteiger partial charge is 0.228 e.